The zero-order chi connectivity index (χ0) is 51.1. The molecule has 7 atom stereocenters. The smallest absolute Gasteiger partial charge is 0.386 e. The number of nitrogens with zero attached hydrogens (tertiary/aromatic N) is 4. The fourth-order valence-electron chi connectivity index (χ4n) is 6.29. The van der Waals surface area contributed by atoms with Crippen LogP contribution >= 0.6 is 35.2 Å². The van der Waals surface area contributed by atoms with Crippen molar-refractivity contribution in [2.75, 3.05) is 37.8 Å². The van der Waals surface area contributed by atoms with Crippen LogP contribution in [0.15, 0.2) is 61.3 Å². The maximum Gasteiger partial charge on any atom is 0.481 e. The molecule has 0 spiro atoms. The molecular formula is C41H66N7O17P3S. The first-order valence-corrected chi connectivity index (χ1v) is 27.7. The van der Waals surface area contributed by atoms with Crippen molar-refractivity contribution < 1.29 is 80.5 Å². The third-order valence-corrected chi connectivity index (χ3v) is 14.0. The first-order chi connectivity index (χ1) is 32.6. The number of imidazole rings is 1. The normalized spacial score (nSPS) is 20.3. The summed E-state index contributed by atoms with van der Waals surface area (Å²) in [4.78, 5) is 88.3. The number of phosphoric ester groups is 3. The van der Waals surface area contributed by atoms with Crippen LogP contribution in [0.2, 0.25) is 0 Å². The molecule has 0 bridgehead atoms. The number of rotatable bonds is 33. The van der Waals surface area contributed by atoms with Crippen LogP contribution in [-0.4, -0.2) is 123 Å². The number of fused-ring (bicyclic) bond motifs is 1. The minimum absolute atomic E-state index is 0.0112. The Balaban J connectivity index is 1.31. The van der Waals surface area contributed by atoms with Gasteiger partial charge in [-0.05, 0) is 44.9 Å². The summed E-state index contributed by atoms with van der Waals surface area (Å²) in [6, 6.07) is 0. The molecule has 0 radical (unpaired) electrons. The van der Waals surface area contributed by atoms with Gasteiger partial charge in [-0.2, -0.15) is 4.31 Å². The Morgan fingerprint density at radius 1 is 0.928 bits per heavy atom. The first-order valence-electron chi connectivity index (χ1n) is 22.2. The summed E-state index contributed by atoms with van der Waals surface area (Å²) < 4.78 is 62.4. The highest BCUT2D eigenvalue weighted by Crippen LogP contribution is 2.61. The van der Waals surface area contributed by atoms with Gasteiger partial charge in [0, 0.05) is 37.1 Å². The van der Waals surface area contributed by atoms with E-state index in [-0.39, 0.29) is 41.6 Å². The lowest BCUT2D eigenvalue weighted by Gasteiger charge is -2.30. The Labute approximate surface area is 405 Å². The van der Waals surface area contributed by atoms with Gasteiger partial charge in [0.25, 0.3) is 0 Å². The fraction of sp³-hybridized carbons (Fsp3) is 0.610. The molecule has 0 aromatic carbocycles. The van der Waals surface area contributed by atoms with Gasteiger partial charge in [0.05, 0.1) is 19.5 Å². The number of aliphatic hydroxyl groups excluding tert-OH is 2. The molecule has 0 aliphatic carbocycles. The van der Waals surface area contributed by atoms with Crippen LogP contribution in [0.4, 0.5) is 5.82 Å². The van der Waals surface area contributed by atoms with Crippen LogP contribution in [0, 0.1) is 5.41 Å². The van der Waals surface area contributed by atoms with Crippen LogP contribution in [0.3, 0.4) is 0 Å². The number of carbonyl (C=O) groups excluding carboxylic acids is 3. The number of thioether (sulfide) groups is 1. The van der Waals surface area contributed by atoms with Gasteiger partial charge in [-0.3, -0.25) is 32.5 Å². The van der Waals surface area contributed by atoms with Gasteiger partial charge in [0.2, 0.25) is 11.8 Å². The number of carbonyl (C=O) groups is 3. The quantitative estimate of drug-likeness (QED) is 0.0263. The van der Waals surface area contributed by atoms with Crippen LogP contribution in [-0.2, 0) is 50.7 Å². The Morgan fingerprint density at radius 2 is 1.55 bits per heavy atom. The molecule has 1 saturated heterocycles. The molecule has 0 saturated carbocycles. The second kappa shape index (κ2) is 29.8. The maximum absolute atomic E-state index is 12.7. The molecule has 10 N–H and O–H groups in total. The predicted molar refractivity (Wildman–Crippen MR) is 256 cm³/mol. The molecule has 1 aliphatic rings. The number of amides is 2. The fourth-order valence-corrected chi connectivity index (χ4v) is 9.84. The average molecular weight is 1060 g/mol. The van der Waals surface area contributed by atoms with Crippen molar-refractivity contribution in [3.8, 4) is 0 Å². The highest BCUT2D eigenvalue weighted by Gasteiger charge is 2.50. The monoisotopic (exact) mass is 1060 g/mol. The first kappa shape index (κ1) is 59.8. The Hall–Kier alpha value is -3.48. The van der Waals surface area contributed by atoms with Crippen molar-refractivity contribution in [1.82, 2.24) is 30.2 Å². The molecule has 3 heterocycles. The van der Waals surface area contributed by atoms with Gasteiger partial charge in [-0.1, -0.05) is 94.0 Å². The predicted octanol–water partition coefficient (Wildman–Crippen LogP) is 4.81. The summed E-state index contributed by atoms with van der Waals surface area (Å²) in [5.74, 6) is -1.09. The van der Waals surface area contributed by atoms with Crippen molar-refractivity contribution in [1.29, 1.82) is 0 Å². The SMILES string of the molecule is CCCCC/C=C\C/C=C\C/C=C\C/C=C\CCC[14C](=O)SCCNC(=O)CCNC(=O)[C@H](O)C(C)(C)COP(=O)(O)OP(=O)(O)OC[C@H]1O[C@@H](n2cnc3c(N)ncnc32)[C@H](O)[C@@H]1OP(=O)(O)O. The van der Waals surface area contributed by atoms with Crippen LogP contribution in [0.5, 0.6) is 0 Å². The third kappa shape index (κ3) is 22.6. The number of ether oxygens (including phenoxy) is 1. The lowest BCUT2D eigenvalue weighted by atomic mass is 9.87. The number of nitrogens with two attached hydrogens (primary N) is 1. The molecule has 2 unspecified atom stereocenters. The summed E-state index contributed by atoms with van der Waals surface area (Å²) in [6.07, 6.45) is 19.7. The van der Waals surface area contributed by atoms with Crippen LogP contribution in [0.1, 0.15) is 97.6 Å². The summed E-state index contributed by atoms with van der Waals surface area (Å²) in [5, 5.41) is 26.6. The van der Waals surface area contributed by atoms with E-state index < -0.39 is 84.6 Å². The molecule has 2 aromatic rings. The molecule has 69 heavy (non-hydrogen) atoms. The second-order valence-electron chi connectivity index (χ2n) is 16.3. The molecular weight excluding hydrogens is 989 g/mol. The maximum atomic E-state index is 12.7. The average Bonchev–Trinajstić information content (AvgIpc) is 3.84. The van der Waals surface area contributed by atoms with E-state index in [0.717, 1.165) is 61.1 Å². The third-order valence-electron chi connectivity index (χ3n) is 9.97. The van der Waals surface area contributed by atoms with E-state index in [1.165, 1.54) is 33.1 Å². The number of aliphatic hydroxyl groups is 2. The summed E-state index contributed by atoms with van der Waals surface area (Å²) in [7, 11) is -16.4. The van der Waals surface area contributed by atoms with E-state index in [1.54, 1.807) is 0 Å². The Bertz CT molecular complexity index is 2220. The highest BCUT2D eigenvalue weighted by molar-refractivity contribution is 8.13. The van der Waals surface area contributed by atoms with E-state index in [2.05, 4.69) is 90.0 Å². The van der Waals surface area contributed by atoms with Gasteiger partial charge >= 0.3 is 23.5 Å². The van der Waals surface area contributed by atoms with Gasteiger partial charge in [-0.25, -0.2) is 28.6 Å². The Morgan fingerprint density at radius 3 is 2.19 bits per heavy atom. The summed E-state index contributed by atoms with van der Waals surface area (Å²) in [5.41, 5.74) is 4.27. The van der Waals surface area contributed by atoms with Crippen molar-refractivity contribution in [2.24, 2.45) is 5.41 Å². The number of aromatic nitrogens is 4. The second-order valence-corrected chi connectivity index (χ2v) is 21.7. The van der Waals surface area contributed by atoms with Crippen molar-refractivity contribution in [3.63, 3.8) is 0 Å². The van der Waals surface area contributed by atoms with E-state index >= 15 is 0 Å². The molecule has 2 aromatic heterocycles. The van der Waals surface area contributed by atoms with Gasteiger partial charge < -0.3 is 50.9 Å². The van der Waals surface area contributed by atoms with E-state index in [9.17, 15) is 57.9 Å². The molecule has 28 heteroatoms. The van der Waals surface area contributed by atoms with Crippen molar-refractivity contribution in [2.45, 2.75) is 122 Å². The minimum Gasteiger partial charge on any atom is -0.386 e. The minimum atomic E-state index is -5.58. The van der Waals surface area contributed by atoms with Crippen LogP contribution < -0.4 is 16.4 Å². The number of anilines is 1. The van der Waals surface area contributed by atoms with Crippen molar-refractivity contribution in [3.05, 3.63) is 61.3 Å². The Kier molecular flexibility index (Phi) is 25.8. The molecule has 2 amide bonds. The van der Waals surface area contributed by atoms with Crippen molar-refractivity contribution >= 4 is 69.1 Å². The number of allylic oxidation sites excluding steroid dienone is 8. The topological polar surface area (TPSA) is 364 Å². The number of nitrogens with one attached hydrogen (secondary N) is 2. The van der Waals surface area contributed by atoms with Gasteiger partial charge in [0.1, 0.15) is 36.3 Å². The number of nitrogen functional groups attached to an aromatic ring is 1. The summed E-state index contributed by atoms with van der Waals surface area (Å²) in [6.45, 7) is 2.71. The van der Waals surface area contributed by atoms with E-state index in [1.807, 2.05) is 0 Å². The van der Waals surface area contributed by atoms with Crippen LogP contribution in [0.25, 0.3) is 11.2 Å². The molecule has 1 aliphatic heterocycles. The molecule has 388 valence electrons. The largest absolute Gasteiger partial charge is 0.481 e. The highest BCUT2D eigenvalue weighted by atomic mass is 32.2. The molecule has 1 fully saturated rings. The van der Waals surface area contributed by atoms with Gasteiger partial charge in [-0.15, -0.1) is 0 Å². The standard InChI is InChI=1S/C41H66N7O17P3S/c1-4-5-6-7-8-9-10-11-12-13-14-15-16-17-18-19-20-21-32(50)69-25-24-43-31(49)22-23-44-39(53)36(52)41(2,3)27-62-68(59,60)65-67(57,58)61-26-30-35(64-66(54,55)56)34(51)40(63-30)48-29-47-33-37(42)45-28-46-38(33)48/h8-9,11-12,14-15,17-18,28-30,34-36,40,51-52H,4-7,10,13,16,19-27H2,1-3H3,(H,43,49)(H,44,53)(H,57,58)(H,59,60)(H2,42,45,46)(H2,54,55,56)/b9-8-,12-11-,15-14-,18-17-/t30-,34-,35-,36+,40-/m1/s1/i32+2. The van der Waals surface area contributed by atoms with Gasteiger partial charge in [0.15, 0.2) is 22.8 Å². The zero-order valence-corrected chi connectivity index (χ0v) is 42.3. The van der Waals surface area contributed by atoms with E-state index in [4.69, 9.17) is 19.5 Å². The lowest BCUT2D eigenvalue weighted by molar-refractivity contribution is -0.137. The number of phosphoric acid groups is 3. The number of hydrogen-bond donors (Lipinski definition) is 9. The summed E-state index contributed by atoms with van der Waals surface area (Å²) >= 11 is 1.11. The zero-order valence-electron chi connectivity index (χ0n) is 38.8. The number of hydrogen-bond acceptors (Lipinski definition) is 18. The molecule has 3 rings (SSSR count). The molecule has 24 nitrogen and oxygen atoms in total. The number of unbranched alkanes of at least 4 members (excludes halogenated alkanes) is 4. The van der Waals surface area contributed by atoms with E-state index in [0.29, 0.717) is 18.6 Å². The lowest BCUT2D eigenvalue weighted by Crippen LogP contribution is -2.46.